The van der Waals surface area contributed by atoms with E-state index in [1.807, 2.05) is 6.07 Å². The van der Waals surface area contributed by atoms with Gasteiger partial charge in [0.1, 0.15) is 11.6 Å². The average Bonchev–Trinajstić information content (AvgIpc) is 2.52. The minimum Gasteiger partial charge on any atom is -0.371 e. The smallest absolute Gasteiger partial charge is 0.287 e. The lowest BCUT2D eigenvalue weighted by molar-refractivity contribution is -0.385. The summed E-state index contributed by atoms with van der Waals surface area (Å²) in [5.41, 5.74) is 0.875. The third kappa shape index (κ3) is 3.70. The molecule has 1 heterocycles. The topological polar surface area (TPSA) is 82.2 Å². The SMILES string of the molecule is CCN(CC1CCCNC1)c1ccc([N+](=O)[O-])c(C#N)c1. The van der Waals surface area contributed by atoms with Gasteiger partial charge in [0.25, 0.3) is 5.69 Å². The van der Waals surface area contributed by atoms with E-state index in [-0.39, 0.29) is 11.3 Å². The van der Waals surface area contributed by atoms with Crippen LogP contribution in [0.25, 0.3) is 0 Å². The van der Waals surface area contributed by atoms with Crippen LogP contribution in [0.15, 0.2) is 18.2 Å². The Morgan fingerprint density at radius 3 is 2.95 bits per heavy atom. The molecule has 0 radical (unpaired) electrons. The summed E-state index contributed by atoms with van der Waals surface area (Å²) in [6.45, 7) is 5.88. The number of nitrogens with one attached hydrogen (secondary N) is 1. The molecule has 0 bridgehead atoms. The van der Waals surface area contributed by atoms with E-state index >= 15 is 0 Å². The van der Waals surface area contributed by atoms with Gasteiger partial charge in [0.2, 0.25) is 0 Å². The van der Waals surface area contributed by atoms with Crippen LogP contribution in [0.3, 0.4) is 0 Å². The summed E-state index contributed by atoms with van der Waals surface area (Å²) in [6, 6.07) is 6.70. The molecule has 0 aliphatic carbocycles. The molecule has 0 spiro atoms. The number of piperidine rings is 1. The Balaban J connectivity index is 2.17. The van der Waals surface area contributed by atoms with E-state index in [0.29, 0.717) is 5.92 Å². The molecule has 1 fully saturated rings. The predicted molar refractivity (Wildman–Crippen MR) is 81.3 cm³/mol. The number of nitrogens with zero attached hydrogens (tertiary/aromatic N) is 3. The lowest BCUT2D eigenvalue weighted by Gasteiger charge is -2.31. The van der Waals surface area contributed by atoms with E-state index in [2.05, 4.69) is 17.1 Å². The van der Waals surface area contributed by atoms with Crippen molar-refractivity contribution < 1.29 is 4.92 Å². The third-order valence-corrected chi connectivity index (χ3v) is 3.92. The predicted octanol–water partition coefficient (Wildman–Crippen LogP) is 2.29. The Morgan fingerprint density at radius 1 is 1.57 bits per heavy atom. The highest BCUT2D eigenvalue weighted by Gasteiger charge is 2.19. The third-order valence-electron chi connectivity index (χ3n) is 3.92. The zero-order valence-electron chi connectivity index (χ0n) is 12.2. The van der Waals surface area contributed by atoms with Crippen molar-refractivity contribution >= 4 is 11.4 Å². The molecule has 1 unspecified atom stereocenters. The lowest BCUT2D eigenvalue weighted by Crippen LogP contribution is -2.38. The summed E-state index contributed by atoms with van der Waals surface area (Å²) >= 11 is 0. The Hall–Kier alpha value is -2.13. The molecule has 1 N–H and O–H groups in total. The first-order valence-corrected chi connectivity index (χ1v) is 7.30. The van der Waals surface area contributed by atoms with Gasteiger partial charge < -0.3 is 10.2 Å². The first-order chi connectivity index (χ1) is 10.2. The van der Waals surface area contributed by atoms with Crippen LogP contribution < -0.4 is 10.2 Å². The zero-order chi connectivity index (χ0) is 15.2. The van der Waals surface area contributed by atoms with Crippen LogP contribution in [-0.2, 0) is 0 Å². The highest BCUT2D eigenvalue weighted by Crippen LogP contribution is 2.25. The fraction of sp³-hybridized carbons (Fsp3) is 0.533. The molecule has 0 amide bonds. The summed E-state index contributed by atoms with van der Waals surface area (Å²) in [4.78, 5) is 12.6. The number of nitriles is 1. The number of nitro groups is 1. The normalized spacial score (nSPS) is 18.0. The number of anilines is 1. The largest absolute Gasteiger partial charge is 0.371 e. The van der Waals surface area contributed by atoms with E-state index < -0.39 is 4.92 Å². The van der Waals surface area contributed by atoms with Gasteiger partial charge in [0.05, 0.1) is 4.92 Å². The van der Waals surface area contributed by atoms with Crippen LogP contribution in [0, 0.1) is 27.4 Å². The minimum absolute atomic E-state index is 0.123. The highest BCUT2D eigenvalue weighted by atomic mass is 16.6. The monoisotopic (exact) mass is 288 g/mol. The maximum atomic E-state index is 10.9. The molecule has 1 aromatic rings. The van der Waals surface area contributed by atoms with Gasteiger partial charge in [-0.15, -0.1) is 0 Å². The first-order valence-electron chi connectivity index (χ1n) is 7.30. The molecular weight excluding hydrogens is 268 g/mol. The molecule has 1 aliphatic heterocycles. The van der Waals surface area contributed by atoms with E-state index in [9.17, 15) is 10.1 Å². The van der Waals surface area contributed by atoms with Gasteiger partial charge in [-0.2, -0.15) is 5.26 Å². The van der Waals surface area contributed by atoms with Crippen LogP contribution in [0.5, 0.6) is 0 Å². The number of nitro benzene ring substituents is 1. The number of hydrogen-bond donors (Lipinski definition) is 1. The number of rotatable bonds is 5. The van der Waals surface area contributed by atoms with Crippen molar-refractivity contribution in [3.05, 3.63) is 33.9 Å². The van der Waals surface area contributed by atoms with Gasteiger partial charge in [0.15, 0.2) is 0 Å². The molecule has 1 atom stereocenters. The molecular formula is C15H20N4O2. The van der Waals surface area contributed by atoms with Crippen LogP contribution in [0.4, 0.5) is 11.4 Å². The summed E-state index contributed by atoms with van der Waals surface area (Å²) in [6.07, 6.45) is 2.38. The van der Waals surface area contributed by atoms with E-state index in [1.165, 1.54) is 18.9 Å². The van der Waals surface area contributed by atoms with Crippen LogP contribution >= 0.6 is 0 Å². The summed E-state index contributed by atoms with van der Waals surface area (Å²) in [5, 5.41) is 23.4. The van der Waals surface area contributed by atoms with Crippen molar-refractivity contribution in [1.29, 1.82) is 5.26 Å². The molecule has 1 saturated heterocycles. The zero-order valence-corrected chi connectivity index (χ0v) is 12.2. The van der Waals surface area contributed by atoms with E-state index in [1.54, 1.807) is 12.1 Å². The highest BCUT2D eigenvalue weighted by molar-refractivity contribution is 5.59. The fourth-order valence-electron chi connectivity index (χ4n) is 2.78. The van der Waals surface area contributed by atoms with E-state index in [4.69, 9.17) is 5.26 Å². The second-order valence-corrected chi connectivity index (χ2v) is 5.32. The van der Waals surface area contributed by atoms with Gasteiger partial charge in [-0.3, -0.25) is 10.1 Å². The summed E-state index contributed by atoms with van der Waals surface area (Å²) in [5.74, 6) is 0.583. The number of benzene rings is 1. The van der Waals surface area contributed by atoms with Crippen molar-refractivity contribution in [2.75, 3.05) is 31.1 Å². The van der Waals surface area contributed by atoms with Crippen molar-refractivity contribution in [3.8, 4) is 6.07 Å². The van der Waals surface area contributed by atoms with Crippen molar-refractivity contribution in [2.45, 2.75) is 19.8 Å². The fourth-order valence-corrected chi connectivity index (χ4v) is 2.78. The van der Waals surface area contributed by atoms with Gasteiger partial charge in [0, 0.05) is 24.8 Å². The Bertz CT molecular complexity index is 547. The minimum atomic E-state index is -0.510. The quantitative estimate of drug-likeness (QED) is 0.664. The Morgan fingerprint density at radius 2 is 2.38 bits per heavy atom. The molecule has 112 valence electrons. The van der Waals surface area contributed by atoms with Gasteiger partial charge >= 0.3 is 0 Å². The molecule has 0 saturated carbocycles. The van der Waals surface area contributed by atoms with Crippen LogP contribution in [-0.4, -0.2) is 31.1 Å². The Labute approximate surface area is 124 Å². The van der Waals surface area contributed by atoms with Crippen molar-refractivity contribution in [2.24, 2.45) is 5.92 Å². The van der Waals surface area contributed by atoms with Gasteiger partial charge in [-0.05, 0) is 50.9 Å². The second kappa shape index (κ2) is 7.04. The second-order valence-electron chi connectivity index (χ2n) is 5.32. The molecule has 0 aromatic heterocycles. The van der Waals surface area contributed by atoms with Gasteiger partial charge in [-0.1, -0.05) is 0 Å². The maximum Gasteiger partial charge on any atom is 0.287 e. The molecule has 2 rings (SSSR count). The van der Waals surface area contributed by atoms with E-state index in [0.717, 1.165) is 31.9 Å². The molecule has 1 aromatic carbocycles. The lowest BCUT2D eigenvalue weighted by atomic mass is 9.98. The summed E-state index contributed by atoms with van der Waals surface area (Å²) in [7, 11) is 0. The van der Waals surface area contributed by atoms with Crippen molar-refractivity contribution in [3.63, 3.8) is 0 Å². The molecule has 6 heteroatoms. The standard InChI is InChI=1S/C15H20N4O2/c1-2-18(11-12-4-3-7-17-10-12)14-5-6-15(19(20)21)13(8-14)9-16/h5-6,8,12,17H,2-4,7,10-11H2,1H3. The number of hydrogen-bond acceptors (Lipinski definition) is 5. The van der Waals surface area contributed by atoms with Gasteiger partial charge in [-0.25, -0.2) is 0 Å². The average molecular weight is 288 g/mol. The van der Waals surface area contributed by atoms with Crippen LogP contribution in [0.1, 0.15) is 25.3 Å². The van der Waals surface area contributed by atoms with Crippen LogP contribution in [0.2, 0.25) is 0 Å². The molecule has 21 heavy (non-hydrogen) atoms. The first kappa shape index (κ1) is 15.3. The maximum absolute atomic E-state index is 10.9. The Kier molecular flexibility index (Phi) is 5.12. The molecule has 6 nitrogen and oxygen atoms in total. The van der Waals surface area contributed by atoms with Crippen molar-refractivity contribution in [1.82, 2.24) is 5.32 Å². The summed E-state index contributed by atoms with van der Waals surface area (Å²) < 4.78 is 0. The molecule has 1 aliphatic rings.